The maximum atomic E-state index is 4.73. The smallest absolute Gasteiger partial charge is 0.163 e. The SMILES string of the molecule is CC(C)[C@@H](C)Nc1nc(-c2cccnc2)nc2ccccc12. The fourth-order valence-electron chi connectivity index (χ4n) is 2.19. The van der Waals surface area contributed by atoms with Crippen molar-refractivity contribution in [1.82, 2.24) is 15.0 Å². The second-order valence-electron chi connectivity index (χ2n) is 5.83. The number of anilines is 1. The molecule has 0 aliphatic rings. The van der Waals surface area contributed by atoms with Crippen LogP contribution in [0.25, 0.3) is 22.3 Å². The third-order valence-electron chi connectivity index (χ3n) is 3.89. The number of pyridine rings is 1. The highest BCUT2D eigenvalue weighted by Gasteiger charge is 2.13. The average Bonchev–Trinajstić information content (AvgIpc) is 2.55. The number of para-hydroxylation sites is 1. The van der Waals surface area contributed by atoms with E-state index in [0.29, 0.717) is 17.8 Å². The van der Waals surface area contributed by atoms with Gasteiger partial charge in [0.15, 0.2) is 5.82 Å². The van der Waals surface area contributed by atoms with Gasteiger partial charge in [0, 0.05) is 29.4 Å². The predicted octanol–water partition coefficient (Wildman–Crippen LogP) is 4.15. The minimum absolute atomic E-state index is 0.333. The summed E-state index contributed by atoms with van der Waals surface area (Å²) in [6.45, 7) is 6.57. The number of hydrogen-bond donors (Lipinski definition) is 1. The van der Waals surface area contributed by atoms with Crippen molar-refractivity contribution in [2.45, 2.75) is 26.8 Å². The molecule has 0 unspecified atom stereocenters. The lowest BCUT2D eigenvalue weighted by Crippen LogP contribution is -2.22. The molecule has 2 aromatic heterocycles. The van der Waals surface area contributed by atoms with Crippen molar-refractivity contribution < 1.29 is 0 Å². The van der Waals surface area contributed by atoms with E-state index in [0.717, 1.165) is 22.3 Å². The van der Waals surface area contributed by atoms with Gasteiger partial charge in [-0.1, -0.05) is 26.0 Å². The Hall–Kier alpha value is -2.49. The third kappa shape index (κ3) is 2.91. The summed E-state index contributed by atoms with van der Waals surface area (Å²) in [5.41, 5.74) is 1.86. The van der Waals surface area contributed by atoms with Gasteiger partial charge in [0.05, 0.1) is 5.52 Å². The molecular weight excluding hydrogens is 272 g/mol. The largest absolute Gasteiger partial charge is 0.367 e. The van der Waals surface area contributed by atoms with E-state index in [2.05, 4.69) is 42.1 Å². The molecule has 0 fully saturated rings. The highest BCUT2D eigenvalue weighted by Crippen LogP contribution is 2.25. The minimum Gasteiger partial charge on any atom is -0.367 e. The zero-order chi connectivity index (χ0) is 15.5. The fourth-order valence-corrected chi connectivity index (χ4v) is 2.19. The average molecular weight is 292 g/mol. The molecule has 3 rings (SSSR count). The first-order chi connectivity index (χ1) is 10.6. The second-order valence-corrected chi connectivity index (χ2v) is 5.83. The zero-order valence-corrected chi connectivity index (χ0v) is 13.1. The van der Waals surface area contributed by atoms with Crippen molar-refractivity contribution in [2.24, 2.45) is 5.92 Å². The molecule has 0 spiro atoms. The quantitative estimate of drug-likeness (QED) is 0.785. The zero-order valence-electron chi connectivity index (χ0n) is 13.1. The molecule has 1 N–H and O–H groups in total. The highest BCUT2D eigenvalue weighted by atomic mass is 15.1. The van der Waals surface area contributed by atoms with Gasteiger partial charge < -0.3 is 5.32 Å². The maximum absolute atomic E-state index is 4.73. The first-order valence-corrected chi connectivity index (χ1v) is 7.59. The van der Waals surface area contributed by atoms with Crippen molar-refractivity contribution in [3.63, 3.8) is 0 Å². The minimum atomic E-state index is 0.333. The van der Waals surface area contributed by atoms with Crippen LogP contribution in [-0.4, -0.2) is 21.0 Å². The first-order valence-electron chi connectivity index (χ1n) is 7.59. The van der Waals surface area contributed by atoms with Crippen LogP contribution in [0.2, 0.25) is 0 Å². The standard InChI is InChI=1S/C18H20N4/c1-12(2)13(3)20-18-15-8-4-5-9-16(15)21-17(22-18)14-7-6-10-19-11-14/h4-13H,1-3H3,(H,20,21,22)/t13-/m1/s1. The Kier molecular flexibility index (Phi) is 4.00. The van der Waals surface area contributed by atoms with E-state index in [4.69, 9.17) is 4.98 Å². The third-order valence-corrected chi connectivity index (χ3v) is 3.89. The molecule has 0 aliphatic heterocycles. The molecule has 22 heavy (non-hydrogen) atoms. The molecule has 2 heterocycles. The van der Waals surface area contributed by atoms with Crippen LogP contribution in [0.5, 0.6) is 0 Å². The van der Waals surface area contributed by atoms with Crippen LogP contribution < -0.4 is 5.32 Å². The number of aromatic nitrogens is 3. The monoisotopic (exact) mass is 292 g/mol. The molecule has 0 bridgehead atoms. The number of fused-ring (bicyclic) bond motifs is 1. The van der Waals surface area contributed by atoms with E-state index in [-0.39, 0.29) is 0 Å². The van der Waals surface area contributed by atoms with Crippen molar-refractivity contribution in [3.8, 4) is 11.4 Å². The second kappa shape index (κ2) is 6.10. The van der Waals surface area contributed by atoms with Crippen LogP contribution in [0.1, 0.15) is 20.8 Å². The van der Waals surface area contributed by atoms with Crippen LogP contribution in [0, 0.1) is 5.92 Å². The Labute approximate surface area is 130 Å². The van der Waals surface area contributed by atoms with E-state index >= 15 is 0 Å². The van der Waals surface area contributed by atoms with Crippen molar-refractivity contribution in [1.29, 1.82) is 0 Å². The predicted molar refractivity (Wildman–Crippen MR) is 90.7 cm³/mol. The van der Waals surface area contributed by atoms with Gasteiger partial charge in [-0.25, -0.2) is 9.97 Å². The van der Waals surface area contributed by atoms with Gasteiger partial charge in [0.2, 0.25) is 0 Å². The number of nitrogens with one attached hydrogen (secondary N) is 1. The van der Waals surface area contributed by atoms with Gasteiger partial charge in [-0.3, -0.25) is 4.98 Å². The Morgan fingerprint density at radius 1 is 0.955 bits per heavy atom. The van der Waals surface area contributed by atoms with Crippen molar-refractivity contribution in [3.05, 3.63) is 48.8 Å². The summed E-state index contributed by atoms with van der Waals surface area (Å²) in [7, 11) is 0. The van der Waals surface area contributed by atoms with Crippen LogP contribution in [0.15, 0.2) is 48.8 Å². The van der Waals surface area contributed by atoms with Crippen LogP contribution in [-0.2, 0) is 0 Å². The molecule has 4 heteroatoms. The van der Waals surface area contributed by atoms with Crippen LogP contribution in [0.4, 0.5) is 5.82 Å². The highest BCUT2D eigenvalue weighted by molar-refractivity contribution is 5.90. The van der Waals surface area contributed by atoms with Crippen LogP contribution in [0.3, 0.4) is 0 Å². The van der Waals surface area contributed by atoms with Gasteiger partial charge >= 0.3 is 0 Å². The molecular formula is C18H20N4. The molecule has 1 atom stereocenters. The fraction of sp³-hybridized carbons (Fsp3) is 0.278. The van der Waals surface area contributed by atoms with E-state index < -0.39 is 0 Å². The molecule has 0 saturated carbocycles. The Bertz CT molecular complexity index is 768. The summed E-state index contributed by atoms with van der Waals surface area (Å²) in [5, 5.41) is 4.57. The molecule has 0 amide bonds. The summed E-state index contributed by atoms with van der Waals surface area (Å²) in [6, 6.07) is 12.3. The molecule has 3 aromatic rings. The Morgan fingerprint density at radius 3 is 2.50 bits per heavy atom. The van der Waals surface area contributed by atoms with E-state index in [1.807, 2.05) is 30.3 Å². The molecule has 1 aromatic carbocycles. The summed E-state index contributed by atoms with van der Waals surface area (Å²) in [4.78, 5) is 13.6. The Morgan fingerprint density at radius 2 is 1.77 bits per heavy atom. The number of nitrogens with zero attached hydrogens (tertiary/aromatic N) is 3. The lowest BCUT2D eigenvalue weighted by atomic mass is 10.1. The lowest BCUT2D eigenvalue weighted by molar-refractivity contribution is 0.559. The maximum Gasteiger partial charge on any atom is 0.163 e. The topological polar surface area (TPSA) is 50.7 Å². The Balaban J connectivity index is 2.12. The van der Waals surface area contributed by atoms with E-state index in [1.54, 1.807) is 12.4 Å². The summed E-state index contributed by atoms with van der Waals surface area (Å²) < 4.78 is 0. The number of hydrogen-bond acceptors (Lipinski definition) is 4. The van der Waals surface area contributed by atoms with Gasteiger partial charge in [0.1, 0.15) is 5.82 Å². The van der Waals surface area contributed by atoms with Gasteiger partial charge in [-0.05, 0) is 37.1 Å². The van der Waals surface area contributed by atoms with Crippen molar-refractivity contribution >= 4 is 16.7 Å². The molecule has 0 saturated heterocycles. The lowest BCUT2D eigenvalue weighted by Gasteiger charge is -2.19. The molecule has 0 radical (unpaired) electrons. The van der Waals surface area contributed by atoms with Crippen molar-refractivity contribution in [2.75, 3.05) is 5.32 Å². The van der Waals surface area contributed by atoms with Gasteiger partial charge in [-0.15, -0.1) is 0 Å². The summed E-state index contributed by atoms with van der Waals surface area (Å²) in [6.07, 6.45) is 3.55. The van der Waals surface area contributed by atoms with E-state index in [1.165, 1.54) is 0 Å². The summed E-state index contributed by atoms with van der Waals surface area (Å²) in [5.74, 6) is 2.10. The van der Waals surface area contributed by atoms with E-state index in [9.17, 15) is 0 Å². The summed E-state index contributed by atoms with van der Waals surface area (Å²) >= 11 is 0. The number of rotatable bonds is 4. The molecule has 4 nitrogen and oxygen atoms in total. The molecule has 0 aliphatic carbocycles. The molecule has 112 valence electrons. The van der Waals surface area contributed by atoms with Crippen LogP contribution >= 0.6 is 0 Å². The van der Waals surface area contributed by atoms with Gasteiger partial charge in [-0.2, -0.15) is 0 Å². The number of benzene rings is 1. The van der Waals surface area contributed by atoms with Gasteiger partial charge in [0.25, 0.3) is 0 Å². The first kappa shape index (κ1) is 14.4. The normalized spacial score (nSPS) is 12.5.